The summed E-state index contributed by atoms with van der Waals surface area (Å²) in [6.07, 6.45) is 0.777. The van der Waals surface area contributed by atoms with Crippen LogP contribution in [0.5, 0.6) is 0 Å². The van der Waals surface area contributed by atoms with Crippen LogP contribution in [-0.4, -0.2) is 47.0 Å². The van der Waals surface area contributed by atoms with E-state index in [9.17, 15) is 4.79 Å². The van der Waals surface area contributed by atoms with Gasteiger partial charge in [-0.05, 0) is 31.5 Å². The third-order valence-corrected chi connectivity index (χ3v) is 6.61. The molecule has 5 rings (SSSR count). The van der Waals surface area contributed by atoms with Crippen LogP contribution < -0.4 is 4.90 Å². The van der Waals surface area contributed by atoms with Gasteiger partial charge >= 0.3 is 0 Å². The predicted molar refractivity (Wildman–Crippen MR) is 141 cm³/mol. The van der Waals surface area contributed by atoms with Crippen molar-refractivity contribution in [3.63, 3.8) is 0 Å². The van der Waals surface area contributed by atoms with Gasteiger partial charge in [0.15, 0.2) is 5.82 Å². The second-order valence-electron chi connectivity index (χ2n) is 9.11. The Morgan fingerprint density at radius 2 is 1.40 bits per heavy atom. The molecule has 0 aliphatic carbocycles. The molecule has 0 radical (unpaired) electrons. The highest BCUT2D eigenvalue weighted by Gasteiger charge is 2.26. The fourth-order valence-corrected chi connectivity index (χ4v) is 4.57. The molecule has 5 nitrogen and oxygen atoms in total. The molecule has 1 fully saturated rings. The third-order valence-electron chi connectivity index (χ3n) is 6.61. The van der Waals surface area contributed by atoms with E-state index in [1.165, 1.54) is 5.56 Å². The van der Waals surface area contributed by atoms with Crippen molar-refractivity contribution >= 4 is 11.7 Å². The molecule has 0 N–H and O–H groups in total. The maximum absolute atomic E-state index is 13.0. The SMILES string of the molecule is Cc1ccc(C(=O)N2CCN(c3nc(-c4ccccc4)nc(C)c3Cc3ccccc3)CC2)cc1. The second kappa shape index (κ2) is 10.1. The molecule has 3 aromatic carbocycles. The molecule has 4 aromatic rings. The third kappa shape index (κ3) is 5.09. The number of nitrogens with zero attached hydrogens (tertiary/aromatic N) is 4. The summed E-state index contributed by atoms with van der Waals surface area (Å²) in [6.45, 7) is 6.93. The van der Waals surface area contributed by atoms with Crippen LogP contribution in [0.25, 0.3) is 11.4 Å². The maximum Gasteiger partial charge on any atom is 0.253 e. The van der Waals surface area contributed by atoms with Crippen LogP contribution in [0.4, 0.5) is 5.82 Å². The number of rotatable bonds is 5. The van der Waals surface area contributed by atoms with Gasteiger partial charge < -0.3 is 9.80 Å². The molecule has 0 saturated carbocycles. The van der Waals surface area contributed by atoms with Crippen LogP contribution in [0.3, 0.4) is 0 Å². The van der Waals surface area contributed by atoms with Gasteiger partial charge in [0.05, 0.1) is 0 Å². The molecule has 176 valence electrons. The zero-order chi connectivity index (χ0) is 24.2. The molecule has 1 amide bonds. The van der Waals surface area contributed by atoms with Crippen molar-refractivity contribution in [1.82, 2.24) is 14.9 Å². The lowest BCUT2D eigenvalue weighted by Crippen LogP contribution is -2.49. The van der Waals surface area contributed by atoms with E-state index in [0.717, 1.165) is 59.1 Å². The van der Waals surface area contributed by atoms with Gasteiger partial charge in [0.2, 0.25) is 0 Å². The number of hydrogen-bond acceptors (Lipinski definition) is 4. The summed E-state index contributed by atoms with van der Waals surface area (Å²) in [5.74, 6) is 1.81. The first-order chi connectivity index (χ1) is 17.1. The Morgan fingerprint density at radius 3 is 2.06 bits per heavy atom. The first-order valence-electron chi connectivity index (χ1n) is 12.2. The molecule has 5 heteroatoms. The van der Waals surface area contributed by atoms with Gasteiger partial charge in [0.1, 0.15) is 5.82 Å². The van der Waals surface area contributed by atoms with Crippen molar-refractivity contribution < 1.29 is 4.79 Å². The lowest BCUT2D eigenvalue weighted by molar-refractivity contribution is 0.0746. The highest BCUT2D eigenvalue weighted by Crippen LogP contribution is 2.28. The maximum atomic E-state index is 13.0. The Hall–Kier alpha value is -3.99. The van der Waals surface area contributed by atoms with Crippen molar-refractivity contribution in [2.45, 2.75) is 20.3 Å². The number of aryl methyl sites for hydroxylation is 2. The van der Waals surface area contributed by atoms with E-state index in [4.69, 9.17) is 9.97 Å². The number of anilines is 1. The van der Waals surface area contributed by atoms with Gasteiger partial charge in [0.25, 0.3) is 5.91 Å². The molecular weight excluding hydrogens is 432 g/mol. The normalized spacial score (nSPS) is 13.7. The van der Waals surface area contributed by atoms with Gasteiger partial charge in [-0.1, -0.05) is 78.4 Å². The van der Waals surface area contributed by atoms with E-state index in [2.05, 4.69) is 36.1 Å². The Balaban J connectivity index is 1.43. The van der Waals surface area contributed by atoms with E-state index >= 15 is 0 Å². The molecule has 2 heterocycles. The first kappa shape index (κ1) is 22.8. The highest BCUT2D eigenvalue weighted by molar-refractivity contribution is 5.94. The zero-order valence-corrected chi connectivity index (χ0v) is 20.3. The highest BCUT2D eigenvalue weighted by atomic mass is 16.2. The summed E-state index contributed by atoms with van der Waals surface area (Å²) in [6, 6.07) is 28.4. The van der Waals surface area contributed by atoms with E-state index in [-0.39, 0.29) is 5.91 Å². The number of piperazine rings is 1. The summed E-state index contributed by atoms with van der Waals surface area (Å²) < 4.78 is 0. The Bertz CT molecular complexity index is 1300. The number of hydrogen-bond donors (Lipinski definition) is 0. The molecule has 0 unspecified atom stereocenters. The van der Waals surface area contributed by atoms with Crippen molar-refractivity contribution in [1.29, 1.82) is 0 Å². The van der Waals surface area contributed by atoms with Crippen molar-refractivity contribution in [2.75, 3.05) is 31.1 Å². The van der Waals surface area contributed by atoms with Crippen LogP contribution in [0.1, 0.15) is 32.7 Å². The second-order valence-corrected chi connectivity index (χ2v) is 9.11. The summed E-state index contributed by atoms with van der Waals surface area (Å²) >= 11 is 0. The van der Waals surface area contributed by atoms with Crippen LogP contribution in [0, 0.1) is 13.8 Å². The molecule has 1 aliphatic rings. The van der Waals surface area contributed by atoms with E-state index in [0.29, 0.717) is 13.1 Å². The molecule has 1 aliphatic heterocycles. The number of carbonyl (C=O) groups is 1. The van der Waals surface area contributed by atoms with Crippen LogP contribution >= 0.6 is 0 Å². The smallest absolute Gasteiger partial charge is 0.253 e. The lowest BCUT2D eigenvalue weighted by atomic mass is 10.0. The summed E-state index contributed by atoms with van der Waals surface area (Å²) in [5.41, 5.74) is 6.30. The largest absolute Gasteiger partial charge is 0.353 e. The average Bonchev–Trinajstić information content (AvgIpc) is 2.91. The van der Waals surface area contributed by atoms with Gasteiger partial charge in [-0.25, -0.2) is 9.97 Å². The van der Waals surface area contributed by atoms with Crippen molar-refractivity contribution in [3.05, 3.63) is 113 Å². The topological polar surface area (TPSA) is 49.3 Å². The molecule has 0 bridgehead atoms. The summed E-state index contributed by atoms with van der Waals surface area (Å²) in [5, 5.41) is 0. The van der Waals surface area contributed by atoms with Crippen molar-refractivity contribution in [3.8, 4) is 11.4 Å². The summed E-state index contributed by atoms with van der Waals surface area (Å²) in [7, 11) is 0. The molecule has 35 heavy (non-hydrogen) atoms. The van der Waals surface area contributed by atoms with Crippen LogP contribution in [0.15, 0.2) is 84.9 Å². The monoisotopic (exact) mass is 462 g/mol. The van der Waals surface area contributed by atoms with E-state index in [1.807, 2.05) is 72.5 Å². The number of carbonyl (C=O) groups excluding carboxylic acids is 1. The fourth-order valence-electron chi connectivity index (χ4n) is 4.57. The van der Waals surface area contributed by atoms with E-state index < -0.39 is 0 Å². The minimum atomic E-state index is 0.0954. The van der Waals surface area contributed by atoms with Crippen molar-refractivity contribution in [2.24, 2.45) is 0 Å². The van der Waals surface area contributed by atoms with Crippen LogP contribution in [0.2, 0.25) is 0 Å². The van der Waals surface area contributed by atoms with E-state index in [1.54, 1.807) is 0 Å². The minimum absolute atomic E-state index is 0.0954. The molecular formula is C30H30N4O. The number of benzene rings is 3. The first-order valence-corrected chi connectivity index (χ1v) is 12.2. The molecule has 0 atom stereocenters. The molecule has 1 saturated heterocycles. The van der Waals surface area contributed by atoms with Gasteiger partial charge in [-0.15, -0.1) is 0 Å². The fraction of sp³-hybridized carbons (Fsp3) is 0.233. The number of amides is 1. The standard InChI is InChI=1S/C30H30N4O/c1-22-13-15-26(16-14-22)30(35)34-19-17-33(18-20-34)29-27(21-24-9-5-3-6-10-24)23(2)31-28(32-29)25-11-7-4-8-12-25/h3-16H,17-21H2,1-2H3. The van der Waals surface area contributed by atoms with Gasteiger partial charge in [-0.2, -0.15) is 0 Å². The predicted octanol–water partition coefficient (Wildman–Crippen LogP) is 5.31. The van der Waals surface area contributed by atoms with Crippen LogP contribution in [-0.2, 0) is 6.42 Å². The lowest BCUT2D eigenvalue weighted by Gasteiger charge is -2.36. The van der Waals surface area contributed by atoms with Gasteiger partial charge in [-0.3, -0.25) is 4.79 Å². The number of aromatic nitrogens is 2. The zero-order valence-electron chi connectivity index (χ0n) is 20.3. The summed E-state index contributed by atoms with van der Waals surface area (Å²) in [4.78, 5) is 27.3. The Kier molecular flexibility index (Phi) is 6.57. The Morgan fingerprint density at radius 1 is 0.771 bits per heavy atom. The molecule has 0 spiro atoms. The average molecular weight is 463 g/mol. The Labute approximate surface area is 207 Å². The van der Waals surface area contributed by atoms with Gasteiger partial charge in [0, 0.05) is 55.0 Å². The quantitative estimate of drug-likeness (QED) is 0.403. The molecule has 1 aromatic heterocycles. The minimum Gasteiger partial charge on any atom is -0.353 e.